The minimum absolute atomic E-state index is 0.0499. The summed E-state index contributed by atoms with van der Waals surface area (Å²) in [6, 6.07) is 17.7. The van der Waals surface area contributed by atoms with Crippen molar-refractivity contribution in [3.63, 3.8) is 0 Å². The van der Waals surface area contributed by atoms with E-state index >= 15 is 0 Å². The number of ether oxygens (including phenoxy) is 2. The standard InChI is InChI=1S/C28H28N2O5/c1-19-6-3-7-20(16-19)18-35-23-11-9-21(10-12-23)26(31)24-25(22-8-4-13-29-17-22)30(14-5-15-34-2)28(33)27(24)32/h3-4,6-13,16-17,25,31H,5,14-15,18H2,1-2H3/b26-24-. The van der Waals surface area contributed by atoms with E-state index in [-0.39, 0.29) is 11.3 Å². The normalized spacial score (nSPS) is 17.1. The predicted octanol–water partition coefficient (Wildman–Crippen LogP) is 4.43. The number of amides is 1. The van der Waals surface area contributed by atoms with Gasteiger partial charge in [0.15, 0.2) is 0 Å². The van der Waals surface area contributed by atoms with Gasteiger partial charge in [-0.05, 0) is 54.8 Å². The van der Waals surface area contributed by atoms with Gasteiger partial charge in [-0.25, -0.2) is 0 Å². The first-order valence-electron chi connectivity index (χ1n) is 11.5. The van der Waals surface area contributed by atoms with Crippen LogP contribution in [0.25, 0.3) is 5.76 Å². The van der Waals surface area contributed by atoms with E-state index < -0.39 is 17.7 Å². The van der Waals surface area contributed by atoms with Gasteiger partial charge in [0.25, 0.3) is 11.7 Å². The Morgan fingerprint density at radius 2 is 1.89 bits per heavy atom. The van der Waals surface area contributed by atoms with Crippen molar-refractivity contribution in [1.82, 2.24) is 9.88 Å². The average molecular weight is 473 g/mol. The van der Waals surface area contributed by atoms with Gasteiger partial charge in [0.05, 0.1) is 11.6 Å². The van der Waals surface area contributed by atoms with Crippen molar-refractivity contribution in [2.45, 2.75) is 26.0 Å². The van der Waals surface area contributed by atoms with Gasteiger partial charge in [0, 0.05) is 38.2 Å². The van der Waals surface area contributed by atoms with E-state index in [9.17, 15) is 14.7 Å². The molecule has 2 aromatic carbocycles. The molecule has 35 heavy (non-hydrogen) atoms. The molecule has 0 saturated carbocycles. The smallest absolute Gasteiger partial charge is 0.295 e. The molecule has 2 heterocycles. The zero-order chi connectivity index (χ0) is 24.8. The van der Waals surface area contributed by atoms with Gasteiger partial charge in [-0.1, -0.05) is 35.9 Å². The molecule has 7 nitrogen and oxygen atoms in total. The largest absolute Gasteiger partial charge is 0.507 e. The maximum absolute atomic E-state index is 13.0. The number of benzene rings is 2. The zero-order valence-electron chi connectivity index (χ0n) is 19.8. The molecule has 0 bridgehead atoms. The van der Waals surface area contributed by atoms with Gasteiger partial charge in [-0.3, -0.25) is 14.6 Å². The summed E-state index contributed by atoms with van der Waals surface area (Å²) < 4.78 is 11.0. The minimum atomic E-state index is -0.724. The number of Topliss-reactive ketones (excluding diaryl/α,β-unsaturated/α-hetero) is 1. The van der Waals surface area contributed by atoms with Crippen LogP contribution in [0.4, 0.5) is 0 Å². The first kappa shape index (κ1) is 24.2. The van der Waals surface area contributed by atoms with E-state index in [0.717, 1.165) is 11.1 Å². The maximum Gasteiger partial charge on any atom is 0.295 e. The molecular formula is C28H28N2O5. The maximum atomic E-state index is 13.0. The van der Waals surface area contributed by atoms with Crippen molar-refractivity contribution < 1.29 is 24.2 Å². The summed E-state index contributed by atoms with van der Waals surface area (Å²) in [5.74, 6) is -0.952. The number of pyridine rings is 1. The van der Waals surface area contributed by atoms with Crippen LogP contribution in [0.1, 0.15) is 34.7 Å². The lowest BCUT2D eigenvalue weighted by Gasteiger charge is -2.25. The van der Waals surface area contributed by atoms with E-state index in [1.165, 1.54) is 4.90 Å². The van der Waals surface area contributed by atoms with Gasteiger partial charge >= 0.3 is 0 Å². The first-order valence-corrected chi connectivity index (χ1v) is 11.5. The van der Waals surface area contributed by atoms with Crippen molar-refractivity contribution in [2.24, 2.45) is 0 Å². The van der Waals surface area contributed by atoms with Gasteiger partial charge in [0.1, 0.15) is 18.1 Å². The number of ketones is 1. The van der Waals surface area contributed by atoms with Crippen LogP contribution in [0.2, 0.25) is 0 Å². The summed E-state index contributed by atoms with van der Waals surface area (Å²) in [5, 5.41) is 11.2. The Balaban J connectivity index is 1.61. The molecule has 0 aliphatic carbocycles. The minimum Gasteiger partial charge on any atom is -0.507 e. The van der Waals surface area contributed by atoms with Gasteiger partial charge in [-0.2, -0.15) is 0 Å². The van der Waals surface area contributed by atoms with Crippen molar-refractivity contribution in [1.29, 1.82) is 0 Å². The number of hydrogen-bond acceptors (Lipinski definition) is 6. The van der Waals surface area contributed by atoms with E-state index in [1.807, 2.05) is 25.1 Å². The topological polar surface area (TPSA) is 89.0 Å². The summed E-state index contributed by atoms with van der Waals surface area (Å²) in [5.41, 5.74) is 3.35. The van der Waals surface area contributed by atoms with Crippen LogP contribution in [-0.4, -0.2) is 46.9 Å². The van der Waals surface area contributed by atoms with Crippen molar-refractivity contribution in [3.05, 3.63) is 101 Å². The summed E-state index contributed by atoms with van der Waals surface area (Å²) >= 11 is 0. The molecule has 1 amide bonds. The van der Waals surface area contributed by atoms with Crippen LogP contribution >= 0.6 is 0 Å². The number of hydrogen-bond donors (Lipinski definition) is 1. The van der Waals surface area contributed by atoms with Crippen molar-refractivity contribution in [2.75, 3.05) is 20.3 Å². The van der Waals surface area contributed by atoms with Gasteiger partial charge in [0.2, 0.25) is 0 Å². The molecule has 7 heteroatoms. The number of aromatic nitrogens is 1. The third-order valence-corrected chi connectivity index (χ3v) is 5.90. The SMILES string of the molecule is COCCCN1C(=O)C(=O)/C(=C(\O)c2ccc(OCc3cccc(C)c3)cc2)C1c1cccnc1. The lowest BCUT2D eigenvalue weighted by Crippen LogP contribution is -2.31. The summed E-state index contributed by atoms with van der Waals surface area (Å²) in [4.78, 5) is 31.5. The highest BCUT2D eigenvalue weighted by Crippen LogP contribution is 2.39. The Labute approximate surface area is 204 Å². The monoisotopic (exact) mass is 472 g/mol. The number of carbonyl (C=O) groups excluding carboxylic acids is 2. The average Bonchev–Trinajstić information content (AvgIpc) is 3.13. The molecule has 1 aliphatic heterocycles. The third-order valence-electron chi connectivity index (χ3n) is 5.90. The summed E-state index contributed by atoms with van der Waals surface area (Å²) in [7, 11) is 1.58. The van der Waals surface area contributed by atoms with E-state index in [4.69, 9.17) is 9.47 Å². The fraction of sp³-hybridized carbons (Fsp3) is 0.250. The lowest BCUT2D eigenvalue weighted by atomic mass is 9.96. The van der Waals surface area contributed by atoms with E-state index in [2.05, 4.69) is 11.1 Å². The highest BCUT2D eigenvalue weighted by molar-refractivity contribution is 6.46. The van der Waals surface area contributed by atoms with Crippen LogP contribution in [0, 0.1) is 6.92 Å². The first-order chi connectivity index (χ1) is 17.0. The molecule has 1 saturated heterocycles. The number of likely N-dealkylation sites (tertiary alicyclic amines) is 1. The summed E-state index contributed by atoms with van der Waals surface area (Å²) in [6.07, 6.45) is 3.79. The van der Waals surface area contributed by atoms with Crippen molar-refractivity contribution >= 4 is 17.4 Å². The Morgan fingerprint density at radius 1 is 1.09 bits per heavy atom. The lowest BCUT2D eigenvalue weighted by molar-refractivity contribution is -0.140. The van der Waals surface area contributed by atoms with Crippen LogP contribution in [0.3, 0.4) is 0 Å². The Morgan fingerprint density at radius 3 is 2.57 bits per heavy atom. The second kappa shape index (κ2) is 11.0. The molecular weight excluding hydrogens is 444 g/mol. The van der Waals surface area contributed by atoms with Gasteiger partial charge < -0.3 is 19.5 Å². The molecule has 0 radical (unpaired) electrons. The number of carbonyl (C=O) groups is 2. The molecule has 1 fully saturated rings. The number of rotatable bonds is 9. The van der Waals surface area contributed by atoms with Gasteiger partial charge in [-0.15, -0.1) is 0 Å². The molecule has 1 aromatic heterocycles. The zero-order valence-corrected chi connectivity index (χ0v) is 19.8. The molecule has 0 spiro atoms. The van der Waals surface area contributed by atoms with Crippen molar-refractivity contribution in [3.8, 4) is 5.75 Å². The van der Waals surface area contributed by atoms with Crippen LogP contribution < -0.4 is 4.74 Å². The molecule has 1 atom stereocenters. The second-order valence-electron chi connectivity index (χ2n) is 8.43. The number of aryl methyl sites for hydroxylation is 1. The van der Waals surface area contributed by atoms with Crippen LogP contribution in [0.5, 0.6) is 5.75 Å². The number of nitrogens with zero attached hydrogens (tertiary/aromatic N) is 2. The fourth-order valence-corrected chi connectivity index (χ4v) is 4.21. The molecule has 3 aromatic rings. The second-order valence-corrected chi connectivity index (χ2v) is 8.43. The molecule has 1 unspecified atom stereocenters. The Bertz CT molecular complexity index is 1220. The Hall–Kier alpha value is -3.97. The predicted molar refractivity (Wildman–Crippen MR) is 132 cm³/mol. The van der Waals surface area contributed by atoms with E-state index in [0.29, 0.717) is 43.1 Å². The van der Waals surface area contributed by atoms with Crippen LogP contribution in [-0.2, 0) is 20.9 Å². The van der Waals surface area contributed by atoms with Crippen LogP contribution in [0.15, 0.2) is 78.6 Å². The quantitative estimate of drug-likeness (QED) is 0.215. The van der Waals surface area contributed by atoms with E-state index in [1.54, 1.807) is 55.9 Å². The number of methoxy groups -OCH3 is 1. The molecule has 1 N–H and O–H groups in total. The molecule has 4 rings (SSSR count). The third kappa shape index (κ3) is 5.41. The summed E-state index contributed by atoms with van der Waals surface area (Å²) in [6.45, 7) is 3.22. The highest BCUT2D eigenvalue weighted by atomic mass is 16.5. The molecule has 1 aliphatic rings. The highest BCUT2D eigenvalue weighted by Gasteiger charge is 2.45. The number of aliphatic hydroxyl groups excluding tert-OH is 1. The fourth-order valence-electron chi connectivity index (χ4n) is 4.21. The Kier molecular flexibility index (Phi) is 7.57. The number of aliphatic hydroxyl groups is 1. The molecule has 180 valence electrons.